The summed E-state index contributed by atoms with van der Waals surface area (Å²) in [6, 6.07) is 0. The molecule has 0 radical (unpaired) electrons. The average molecular weight is 317 g/mol. The molecule has 0 saturated carbocycles. The standard InChI is InChI=1S/C13H21ClN4O3/c1-4-13(5-2,8-15)17-9-6-16-18(7-10(19)21-3)12(20)11(9)14/h6,17H,4-5,7-8,15H2,1-3H3. The van der Waals surface area contributed by atoms with E-state index in [1.54, 1.807) is 0 Å². The van der Waals surface area contributed by atoms with Crippen LogP contribution in [0.15, 0.2) is 11.0 Å². The number of carbonyl (C=O) groups excluding carboxylic acids is 1. The molecule has 1 aromatic heterocycles. The molecule has 0 saturated heterocycles. The lowest BCUT2D eigenvalue weighted by molar-refractivity contribution is -0.141. The number of anilines is 1. The van der Waals surface area contributed by atoms with Gasteiger partial charge in [-0.1, -0.05) is 25.4 Å². The first-order valence-corrected chi connectivity index (χ1v) is 7.11. The van der Waals surface area contributed by atoms with Gasteiger partial charge >= 0.3 is 5.97 Å². The summed E-state index contributed by atoms with van der Waals surface area (Å²) in [7, 11) is 1.24. The van der Waals surface area contributed by atoms with Crippen molar-refractivity contribution >= 4 is 23.3 Å². The third-order valence-corrected chi connectivity index (χ3v) is 4.00. The molecule has 8 heteroatoms. The summed E-state index contributed by atoms with van der Waals surface area (Å²) in [6.45, 7) is 4.13. The van der Waals surface area contributed by atoms with Gasteiger partial charge in [0.2, 0.25) is 0 Å². The number of methoxy groups -OCH3 is 1. The zero-order chi connectivity index (χ0) is 16.0. The van der Waals surface area contributed by atoms with E-state index in [0.717, 1.165) is 17.5 Å². The summed E-state index contributed by atoms with van der Waals surface area (Å²) in [6.07, 6.45) is 2.98. The lowest BCUT2D eigenvalue weighted by atomic mass is 9.93. The lowest BCUT2D eigenvalue weighted by Crippen LogP contribution is -2.45. The molecule has 7 nitrogen and oxygen atoms in total. The number of nitrogens with two attached hydrogens (primary N) is 1. The van der Waals surface area contributed by atoms with Gasteiger partial charge in [-0.05, 0) is 12.8 Å². The van der Waals surface area contributed by atoms with Crippen molar-refractivity contribution in [3.8, 4) is 0 Å². The van der Waals surface area contributed by atoms with Crippen LogP contribution in [0.4, 0.5) is 5.69 Å². The number of carbonyl (C=O) groups is 1. The van der Waals surface area contributed by atoms with Gasteiger partial charge in [-0.3, -0.25) is 9.59 Å². The van der Waals surface area contributed by atoms with E-state index in [2.05, 4.69) is 15.2 Å². The molecule has 0 amide bonds. The summed E-state index contributed by atoms with van der Waals surface area (Å²) in [4.78, 5) is 23.3. The van der Waals surface area contributed by atoms with E-state index < -0.39 is 11.5 Å². The second kappa shape index (κ2) is 7.42. The van der Waals surface area contributed by atoms with Crippen LogP contribution in [-0.4, -0.2) is 34.9 Å². The molecule has 21 heavy (non-hydrogen) atoms. The molecule has 0 aliphatic rings. The molecule has 0 spiro atoms. The Balaban J connectivity index is 3.10. The molecule has 0 unspecified atom stereocenters. The first-order valence-electron chi connectivity index (χ1n) is 6.73. The number of ether oxygens (including phenoxy) is 1. The monoisotopic (exact) mass is 316 g/mol. The summed E-state index contributed by atoms with van der Waals surface area (Å²) < 4.78 is 5.46. The normalized spacial score (nSPS) is 11.3. The Morgan fingerprint density at radius 3 is 2.62 bits per heavy atom. The minimum Gasteiger partial charge on any atom is -0.468 e. The Kier molecular flexibility index (Phi) is 6.17. The van der Waals surface area contributed by atoms with Gasteiger partial charge in [0.15, 0.2) is 0 Å². The fraction of sp³-hybridized carbons (Fsp3) is 0.615. The number of nitrogens with zero attached hydrogens (tertiary/aromatic N) is 2. The molecule has 0 aliphatic carbocycles. The topological polar surface area (TPSA) is 99.2 Å². The molecule has 0 aromatic carbocycles. The van der Waals surface area contributed by atoms with E-state index in [4.69, 9.17) is 17.3 Å². The fourth-order valence-corrected chi connectivity index (χ4v) is 2.10. The highest BCUT2D eigenvalue weighted by Gasteiger charge is 2.25. The molecule has 0 aliphatic heterocycles. The first kappa shape index (κ1) is 17.5. The van der Waals surface area contributed by atoms with Crippen LogP contribution in [0, 0.1) is 0 Å². The smallest absolute Gasteiger partial charge is 0.327 e. The van der Waals surface area contributed by atoms with Crippen molar-refractivity contribution in [2.75, 3.05) is 19.0 Å². The van der Waals surface area contributed by atoms with Gasteiger partial charge in [-0.25, -0.2) is 4.68 Å². The number of nitrogens with one attached hydrogen (secondary N) is 1. The summed E-state index contributed by atoms with van der Waals surface area (Å²) in [5.74, 6) is -0.570. The number of hydrogen-bond donors (Lipinski definition) is 2. The highest BCUT2D eigenvalue weighted by Crippen LogP contribution is 2.24. The maximum atomic E-state index is 12.1. The van der Waals surface area contributed by atoms with Gasteiger partial charge < -0.3 is 15.8 Å². The SMILES string of the molecule is CCC(CC)(CN)Nc1cnn(CC(=O)OC)c(=O)c1Cl. The largest absolute Gasteiger partial charge is 0.468 e. The summed E-state index contributed by atoms with van der Waals surface area (Å²) >= 11 is 6.07. The van der Waals surface area contributed by atoms with Gasteiger partial charge in [0.1, 0.15) is 11.6 Å². The minimum atomic E-state index is -0.570. The van der Waals surface area contributed by atoms with E-state index in [-0.39, 0.29) is 17.1 Å². The zero-order valence-electron chi connectivity index (χ0n) is 12.5. The van der Waals surface area contributed by atoms with E-state index >= 15 is 0 Å². The van der Waals surface area contributed by atoms with E-state index in [1.807, 2.05) is 13.8 Å². The van der Waals surface area contributed by atoms with Gasteiger partial charge in [0, 0.05) is 12.1 Å². The number of esters is 1. The Morgan fingerprint density at radius 1 is 1.52 bits per heavy atom. The highest BCUT2D eigenvalue weighted by molar-refractivity contribution is 6.32. The summed E-state index contributed by atoms with van der Waals surface area (Å²) in [5.41, 5.74) is 5.33. The van der Waals surface area contributed by atoms with Crippen molar-refractivity contribution < 1.29 is 9.53 Å². The molecule has 0 fully saturated rings. The van der Waals surface area contributed by atoms with Crippen molar-refractivity contribution in [1.82, 2.24) is 9.78 Å². The third-order valence-electron chi connectivity index (χ3n) is 3.64. The predicted octanol–water partition coefficient (Wildman–Crippen LogP) is 0.999. The van der Waals surface area contributed by atoms with E-state index in [0.29, 0.717) is 12.2 Å². The van der Waals surface area contributed by atoms with Crippen LogP contribution in [0.1, 0.15) is 26.7 Å². The van der Waals surface area contributed by atoms with Gasteiger partial charge in [-0.15, -0.1) is 0 Å². The number of halogens is 1. The quantitative estimate of drug-likeness (QED) is 0.728. The Morgan fingerprint density at radius 2 is 2.14 bits per heavy atom. The first-order chi connectivity index (χ1) is 9.92. The minimum absolute atomic E-state index is 0.0198. The molecule has 1 heterocycles. The van der Waals surface area contributed by atoms with Crippen LogP contribution in [0.3, 0.4) is 0 Å². The second-order valence-corrected chi connectivity index (χ2v) is 5.11. The van der Waals surface area contributed by atoms with Crippen LogP contribution in [0.2, 0.25) is 5.02 Å². The maximum absolute atomic E-state index is 12.1. The van der Waals surface area contributed by atoms with Crippen molar-refractivity contribution in [1.29, 1.82) is 0 Å². The summed E-state index contributed by atoms with van der Waals surface area (Å²) in [5, 5.41) is 7.11. The van der Waals surface area contributed by atoms with Crippen LogP contribution < -0.4 is 16.6 Å². The zero-order valence-corrected chi connectivity index (χ0v) is 13.2. The van der Waals surface area contributed by atoms with Crippen LogP contribution in [0.5, 0.6) is 0 Å². The average Bonchev–Trinajstić information content (AvgIpc) is 2.51. The van der Waals surface area contributed by atoms with Crippen LogP contribution in [0.25, 0.3) is 0 Å². The Bertz CT molecular complexity index is 547. The molecule has 1 rings (SSSR count). The molecular formula is C13H21ClN4O3. The fourth-order valence-electron chi connectivity index (χ4n) is 1.90. The number of rotatable bonds is 7. The lowest BCUT2D eigenvalue weighted by Gasteiger charge is -2.32. The van der Waals surface area contributed by atoms with Crippen molar-refractivity contribution in [3.63, 3.8) is 0 Å². The van der Waals surface area contributed by atoms with Crippen molar-refractivity contribution in [3.05, 3.63) is 21.6 Å². The Labute approximate surface area is 128 Å². The molecular weight excluding hydrogens is 296 g/mol. The highest BCUT2D eigenvalue weighted by atomic mass is 35.5. The second-order valence-electron chi connectivity index (χ2n) is 4.73. The van der Waals surface area contributed by atoms with E-state index in [9.17, 15) is 9.59 Å². The van der Waals surface area contributed by atoms with E-state index in [1.165, 1.54) is 13.3 Å². The Hall–Kier alpha value is -1.60. The maximum Gasteiger partial charge on any atom is 0.327 e. The number of hydrogen-bond acceptors (Lipinski definition) is 6. The number of aromatic nitrogens is 2. The molecule has 0 atom stereocenters. The van der Waals surface area contributed by atoms with Gasteiger partial charge in [0.05, 0.1) is 19.0 Å². The van der Waals surface area contributed by atoms with Crippen LogP contribution in [-0.2, 0) is 16.1 Å². The third kappa shape index (κ3) is 3.95. The molecule has 3 N–H and O–H groups in total. The predicted molar refractivity (Wildman–Crippen MR) is 81.5 cm³/mol. The molecule has 0 bridgehead atoms. The molecule has 118 valence electrons. The van der Waals surface area contributed by atoms with Gasteiger partial charge in [0.25, 0.3) is 5.56 Å². The van der Waals surface area contributed by atoms with Gasteiger partial charge in [-0.2, -0.15) is 5.10 Å². The van der Waals surface area contributed by atoms with Crippen LogP contribution >= 0.6 is 11.6 Å². The van der Waals surface area contributed by atoms with Crippen molar-refractivity contribution in [2.45, 2.75) is 38.8 Å². The van der Waals surface area contributed by atoms with Crippen molar-refractivity contribution in [2.24, 2.45) is 5.73 Å². The molecule has 1 aromatic rings.